The molecule has 0 saturated heterocycles. The van der Waals surface area contributed by atoms with Gasteiger partial charge in [-0.3, -0.25) is 4.98 Å². The predicted molar refractivity (Wildman–Crippen MR) is 35.7 cm³/mol. The van der Waals surface area contributed by atoms with Gasteiger partial charge in [-0.2, -0.15) is 13.2 Å². The third-order valence-electron chi connectivity index (χ3n) is 1.19. The number of hydrogen-bond acceptors (Lipinski definition) is 2. The zero-order valence-electron chi connectivity index (χ0n) is 5.97. The summed E-state index contributed by atoms with van der Waals surface area (Å²) in [6.45, 7) is 0. The predicted octanol–water partition coefficient (Wildman–Crippen LogP) is 1.89. The molecule has 5 heteroatoms. The fraction of sp³-hybridized carbons (Fsp3) is 0.286. The van der Waals surface area contributed by atoms with E-state index in [1.165, 1.54) is 6.07 Å². The summed E-state index contributed by atoms with van der Waals surface area (Å²) in [5.41, 5.74) is -0.0969. The molecule has 0 unspecified atom stereocenters. The molecule has 0 bridgehead atoms. The second-order valence-corrected chi connectivity index (χ2v) is 2.30. The molecule has 0 radical (unpaired) electrons. The Bertz CT molecular complexity index is 254. The summed E-state index contributed by atoms with van der Waals surface area (Å²) in [7, 11) is 0. The van der Waals surface area contributed by atoms with Gasteiger partial charge in [-0.1, -0.05) is 0 Å². The van der Waals surface area contributed by atoms with Crippen molar-refractivity contribution < 1.29 is 18.3 Å². The zero-order chi connectivity index (χ0) is 9.19. The number of pyridine rings is 1. The molecule has 2 nitrogen and oxygen atoms in total. The van der Waals surface area contributed by atoms with Gasteiger partial charge in [0.2, 0.25) is 0 Å². The van der Waals surface area contributed by atoms with E-state index in [1.54, 1.807) is 0 Å². The molecule has 1 aromatic rings. The van der Waals surface area contributed by atoms with Crippen molar-refractivity contribution in [2.24, 2.45) is 0 Å². The molecule has 0 amide bonds. The smallest absolute Gasteiger partial charge is 0.394 e. The summed E-state index contributed by atoms with van der Waals surface area (Å²) in [5, 5.41) is 8.71. The maximum atomic E-state index is 11.7. The third kappa shape index (κ3) is 2.77. The Balaban J connectivity index is 2.71. The van der Waals surface area contributed by atoms with Gasteiger partial charge in [0.05, 0.1) is 12.6 Å². The SMILES string of the molecule is Oc1ccc(CC(F)(F)F)nc1. The normalized spacial score (nSPS) is 11.6. The number of aromatic nitrogens is 1. The number of hydrogen-bond donors (Lipinski definition) is 1. The first-order valence-electron chi connectivity index (χ1n) is 3.18. The lowest BCUT2D eigenvalue weighted by atomic mass is 10.2. The molecule has 12 heavy (non-hydrogen) atoms. The lowest BCUT2D eigenvalue weighted by Crippen LogP contribution is -2.12. The van der Waals surface area contributed by atoms with Crippen LogP contribution in [-0.2, 0) is 6.42 Å². The van der Waals surface area contributed by atoms with E-state index in [-0.39, 0.29) is 11.4 Å². The summed E-state index contributed by atoms with van der Waals surface area (Å²) in [6, 6.07) is 2.32. The molecule has 0 aromatic carbocycles. The lowest BCUT2D eigenvalue weighted by molar-refractivity contribution is -0.127. The fourth-order valence-corrected chi connectivity index (χ4v) is 0.727. The molecule has 0 fully saturated rings. The molecule has 0 spiro atoms. The van der Waals surface area contributed by atoms with Crippen molar-refractivity contribution >= 4 is 0 Å². The Labute approximate surface area is 66.7 Å². The number of aromatic hydroxyl groups is 1. The maximum absolute atomic E-state index is 11.7. The first-order valence-corrected chi connectivity index (χ1v) is 3.18. The van der Waals surface area contributed by atoms with Crippen LogP contribution in [0.15, 0.2) is 18.3 Å². The molecule has 0 aliphatic carbocycles. The lowest BCUT2D eigenvalue weighted by Gasteiger charge is -2.04. The van der Waals surface area contributed by atoms with Crippen LogP contribution >= 0.6 is 0 Å². The molecular weight excluding hydrogens is 171 g/mol. The Hall–Kier alpha value is -1.26. The summed E-state index contributed by atoms with van der Waals surface area (Å²) in [6.07, 6.45) is -4.32. The molecule has 0 atom stereocenters. The van der Waals surface area contributed by atoms with Crippen molar-refractivity contribution in [3.8, 4) is 5.75 Å². The average Bonchev–Trinajstić information content (AvgIpc) is 1.91. The average molecular weight is 177 g/mol. The van der Waals surface area contributed by atoms with E-state index in [0.717, 1.165) is 12.3 Å². The van der Waals surface area contributed by atoms with Crippen LogP contribution in [0.1, 0.15) is 5.69 Å². The minimum absolute atomic E-state index is 0.0969. The molecular formula is C7H6F3NO. The van der Waals surface area contributed by atoms with E-state index in [4.69, 9.17) is 5.11 Å². The first kappa shape index (κ1) is 8.83. The molecule has 1 rings (SSSR count). The topological polar surface area (TPSA) is 33.1 Å². The number of alkyl halides is 3. The molecule has 0 saturated carbocycles. The Morgan fingerprint density at radius 2 is 2.00 bits per heavy atom. The minimum atomic E-state index is -4.25. The van der Waals surface area contributed by atoms with E-state index in [9.17, 15) is 13.2 Å². The largest absolute Gasteiger partial charge is 0.506 e. The van der Waals surface area contributed by atoms with Crippen LogP contribution in [0.4, 0.5) is 13.2 Å². The van der Waals surface area contributed by atoms with Gasteiger partial charge < -0.3 is 5.11 Å². The van der Waals surface area contributed by atoms with Gasteiger partial charge in [0.25, 0.3) is 0 Å². The molecule has 0 aliphatic rings. The summed E-state index contributed by atoms with van der Waals surface area (Å²) >= 11 is 0. The van der Waals surface area contributed by atoms with Crippen molar-refractivity contribution in [1.82, 2.24) is 4.98 Å². The minimum Gasteiger partial charge on any atom is -0.506 e. The van der Waals surface area contributed by atoms with Crippen molar-refractivity contribution in [2.75, 3.05) is 0 Å². The van der Waals surface area contributed by atoms with Crippen LogP contribution in [0.25, 0.3) is 0 Å². The van der Waals surface area contributed by atoms with E-state index < -0.39 is 12.6 Å². The maximum Gasteiger partial charge on any atom is 0.394 e. The van der Waals surface area contributed by atoms with Crippen molar-refractivity contribution in [1.29, 1.82) is 0 Å². The van der Waals surface area contributed by atoms with Crippen LogP contribution in [0.3, 0.4) is 0 Å². The Morgan fingerprint density at radius 1 is 1.33 bits per heavy atom. The highest BCUT2D eigenvalue weighted by Gasteiger charge is 2.28. The monoisotopic (exact) mass is 177 g/mol. The van der Waals surface area contributed by atoms with E-state index in [1.807, 2.05) is 0 Å². The molecule has 1 aromatic heterocycles. The van der Waals surface area contributed by atoms with Crippen molar-refractivity contribution in [2.45, 2.75) is 12.6 Å². The quantitative estimate of drug-likeness (QED) is 0.710. The van der Waals surface area contributed by atoms with Crippen LogP contribution in [0.2, 0.25) is 0 Å². The van der Waals surface area contributed by atoms with Gasteiger partial charge >= 0.3 is 6.18 Å². The highest BCUT2D eigenvalue weighted by Crippen LogP contribution is 2.20. The van der Waals surface area contributed by atoms with Crippen molar-refractivity contribution in [3.63, 3.8) is 0 Å². The fourth-order valence-electron chi connectivity index (χ4n) is 0.727. The van der Waals surface area contributed by atoms with Crippen LogP contribution in [-0.4, -0.2) is 16.3 Å². The third-order valence-corrected chi connectivity index (χ3v) is 1.19. The van der Waals surface area contributed by atoms with Gasteiger partial charge in [-0.05, 0) is 12.1 Å². The van der Waals surface area contributed by atoms with Crippen LogP contribution in [0, 0.1) is 0 Å². The Kier molecular flexibility index (Phi) is 2.21. The van der Waals surface area contributed by atoms with Gasteiger partial charge in [0.1, 0.15) is 5.75 Å². The highest BCUT2D eigenvalue weighted by molar-refractivity contribution is 5.18. The van der Waals surface area contributed by atoms with Crippen molar-refractivity contribution in [3.05, 3.63) is 24.0 Å². The van der Waals surface area contributed by atoms with E-state index >= 15 is 0 Å². The van der Waals surface area contributed by atoms with Gasteiger partial charge in [0.15, 0.2) is 0 Å². The summed E-state index contributed by atoms with van der Waals surface area (Å²) in [4.78, 5) is 3.39. The van der Waals surface area contributed by atoms with Crippen LogP contribution in [0.5, 0.6) is 5.75 Å². The van der Waals surface area contributed by atoms with Gasteiger partial charge in [0, 0.05) is 5.69 Å². The molecule has 0 aliphatic heterocycles. The van der Waals surface area contributed by atoms with E-state index in [0.29, 0.717) is 0 Å². The van der Waals surface area contributed by atoms with Gasteiger partial charge in [-0.25, -0.2) is 0 Å². The Morgan fingerprint density at radius 3 is 2.42 bits per heavy atom. The number of rotatable bonds is 1. The number of halogens is 3. The summed E-state index contributed by atoms with van der Waals surface area (Å²) < 4.78 is 35.2. The zero-order valence-corrected chi connectivity index (χ0v) is 5.97. The number of nitrogens with zero attached hydrogens (tertiary/aromatic N) is 1. The second-order valence-electron chi connectivity index (χ2n) is 2.30. The highest BCUT2D eigenvalue weighted by atomic mass is 19.4. The standard InChI is InChI=1S/C7H6F3NO/c8-7(9,10)3-5-1-2-6(12)4-11-5/h1-2,4,12H,3H2. The van der Waals surface area contributed by atoms with E-state index in [2.05, 4.69) is 4.98 Å². The summed E-state index contributed by atoms with van der Waals surface area (Å²) in [5.74, 6) is -0.138. The van der Waals surface area contributed by atoms with Crippen LogP contribution < -0.4 is 0 Å². The molecule has 66 valence electrons. The first-order chi connectivity index (χ1) is 5.47. The molecule has 1 N–H and O–H groups in total. The van der Waals surface area contributed by atoms with Gasteiger partial charge in [-0.15, -0.1) is 0 Å². The second kappa shape index (κ2) is 3.00. The molecule has 1 heterocycles.